The van der Waals surface area contributed by atoms with Crippen LogP contribution in [-0.2, 0) is 13.1 Å². The van der Waals surface area contributed by atoms with Crippen LogP contribution in [0.4, 0.5) is 0 Å². The van der Waals surface area contributed by atoms with Gasteiger partial charge in [-0.25, -0.2) is 0 Å². The Bertz CT molecular complexity index is 404. The Morgan fingerprint density at radius 3 is 2.35 bits per heavy atom. The van der Waals surface area contributed by atoms with E-state index in [0.29, 0.717) is 6.54 Å². The van der Waals surface area contributed by atoms with E-state index in [2.05, 4.69) is 21.9 Å². The van der Waals surface area contributed by atoms with Crippen molar-refractivity contribution >= 4 is 11.3 Å². The minimum Gasteiger partial charge on any atom is -0.326 e. The summed E-state index contributed by atoms with van der Waals surface area (Å²) in [5, 5.41) is 0. The second-order valence-corrected chi connectivity index (χ2v) is 7.55. The molecule has 2 aliphatic rings. The molecule has 2 aliphatic heterocycles. The Labute approximate surface area is 126 Å². The van der Waals surface area contributed by atoms with E-state index >= 15 is 0 Å². The lowest BCUT2D eigenvalue weighted by molar-refractivity contribution is 0.150. The zero-order valence-corrected chi connectivity index (χ0v) is 13.2. The number of thiophene rings is 1. The van der Waals surface area contributed by atoms with Gasteiger partial charge in [0, 0.05) is 29.4 Å². The molecule has 112 valence electrons. The lowest BCUT2D eigenvalue weighted by Crippen LogP contribution is -2.37. The van der Waals surface area contributed by atoms with Crippen LogP contribution in [0.2, 0.25) is 0 Å². The fourth-order valence-electron chi connectivity index (χ4n) is 3.49. The number of hydrogen-bond donors (Lipinski definition) is 1. The van der Waals surface area contributed by atoms with Crippen molar-refractivity contribution in [3.8, 4) is 0 Å². The molecule has 2 N–H and O–H groups in total. The molecule has 3 nitrogen and oxygen atoms in total. The molecule has 0 radical (unpaired) electrons. The molecule has 0 aliphatic carbocycles. The summed E-state index contributed by atoms with van der Waals surface area (Å²) < 4.78 is 0. The number of likely N-dealkylation sites (tertiary alicyclic amines) is 2. The predicted molar refractivity (Wildman–Crippen MR) is 85.9 cm³/mol. The smallest absolute Gasteiger partial charge is 0.0328 e. The average molecular weight is 293 g/mol. The number of piperidine rings is 1. The monoisotopic (exact) mass is 293 g/mol. The van der Waals surface area contributed by atoms with Crippen molar-refractivity contribution in [3.63, 3.8) is 0 Å². The molecule has 3 rings (SSSR count). The van der Waals surface area contributed by atoms with Crippen LogP contribution in [0.25, 0.3) is 0 Å². The van der Waals surface area contributed by atoms with Crippen LogP contribution in [0, 0.1) is 5.92 Å². The Kier molecular flexibility index (Phi) is 5.10. The molecular weight excluding hydrogens is 266 g/mol. The highest BCUT2D eigenvalue weighted by Gasteiger charge is 2.22. The minimum atomic E-state index is 0.683. The standard InChI is InChI=1S/C16H27N3S/c17-11-15-3-4-16(20-15)13-19-9-5-14(6-10-19)12-18-7-1-2-8-18/h3-4,14H,1-2,5-13,17H2. The molecule has 2 saturated heterocycles. The first kappa shape index (κ1) is 14.5. The highest BCUT2D eigenvalue weighted by molar-refractivity contribution is 7.11. The first-order valence-corrected chi connectivity index (χ1v) is 8.87. The van der Waals surface area contributed by atoms with E-state index in [1.165, 1.54) is 68.2 Å². The van der Waals surface area contributed by atoms with Crippen molar-refractivity contribution in [3.05, 3.63) is 21.9 Å². The fraction of sp³-hybridized carbons (Fsp3) is 0.750. The summed E-state index contributed by atoms with van der Waals surface area (Å²) in [6.07, 6.45) is 5.60. The van der Waals surface area contributed by atoms with Crippen molar-refractivity contribution in [2.24, 2.45) is 11.7 Å². The SMILES string of the molecule is NCc1ccc(CN2CCC(CN3CCCC3)CC2)s1. The van der Waals surface area contributed by atoms with Crippen molar-refractivity contribution < 1.29 is 0 Å². The van der Waals surface area contributed by atoms with Gasteiger partial charge in [0.2, 0.25) is 0 Å². The molecule has 2 fully saturated rings. The maximum atomic E-state index is 5.68. The van der Waals surface area contributed by atoms with E-state index in [4.69, 9.17) is 5.73 Å². The number of rotatable bonds is 5. The molecule has 1 aromatic rings. The van der Waals surface area contributed by atoms with Gasteiger partial charge in [-0.05, 0) is 69.9 Å². The summed E-state index contributed by atoms with van der Waals surface area (Å²) in [7, 11) is 0. The fourth-order valence-corrected chi connectivity index (χ4v) is 4.43. The van der Waals surface area contributed by atoms with Gasteiger partial charge in [0.1, 0.15) is 0 Å². The molecule has 4 heteroatoms. The van der Waals surface area contributed by atoms with E-state index in [1.54, 1.807) is 0 Å². The molecule has 0 amide bonds. The van der Waals surface area contributed by atoms with Gasteiger partial charge in [0.25, 0.3) is 0 Å². The van der Waals surface area contributed by atoms with E-state index in [-0.39, 0.29) is 0 Å². The second kappa shape index (κ2) is 7.03. The summed E-state index contributed by atoms with van der Waals surface area (Å²) in [5.74, 6) is 0.937. The minimum absolute atomic E-state index is 0.683. The van der Waals surface area contributed by atoms with E-state index < -0.39 is 0 Å². The number of hydrogen-bond acceptors (Lipinski definition) is 4. The van der Waals surface area contributed by atoms with Crippen LogP contribution in [0.3, 0.4) is 0 Å². The zero-order chi connectivity index (χ0) is 13.8. The maximum absolute atomic E-state index is 5.68. The molecule has 0 atom stereocenters. The summed E-state index contributed by atoms with van der Waals surface area (Å²) in [6, 6.07) is 4.43. The maximum Gasteiger partial charge on any atom is 0.0328 e. The highest BCUT2D eigenvalue weighted by Crippen LogP contribution is 2.24. The molecular formula is C16H27N3S. The molecule has 3 heterocycles. The molecule has 0 bridgehead atoms. The van der Waals surface area contributed by atoms with Gasteiger partial charge >= 0.3 is 0 Å². The van der Waals surface area contributed by atoms with E-state index in [0.717, 1.165) is 12.5 Å². The molecule has 20 heavy (non-hydrogen) atoms. The topological polar surface area (TPSA) is 32.5 Å². The second-order valence-electron chi connectivity index (χ2n) is 6.30. The Morgan fingerprint density at radius 1 is 1.00 bits per heavy atom. The van der Waals surface area contributed by atoms with Gasteiger partial charge in [-0.1, -0.05) is 0 Å². The first-order valence-electron chi connectivity index (χ1n) is 8.06. The van der Waals surface area contributed by atoms with Gasteiger partial charge < -0.3 is 10.6 Å². The third kappa shape index (κ3) is 3.82. The van der Waals surface area contributed by atoms with E-state index in [9.17, 15) is 0 Å². The van der Waals surface area contributed by atoms with Gasteiger partial charge in [0.05, 0.1) is 0 Å². The summed E-state index contributed by atoms with van der Waals surface area (Å²) in [4.78, 5) is 8.08. The molecule has 0 spiro atoms. The Morgan fingerprint density at radius 2 is 1.70 bits per heavy atom. The predicted octanol–water partition coefficient (Wildman–Crippen LogP) is 2.51. The van der Waals surface area contributed by atoms with Crippen molar-refractivity contribution in [2.75, 3.05) is 32.7 Å². The first-order chi connectivity index (χ1) is 9.83. The third-order valence-electron chi connectivity index (χ3n) is 4.72. The number of nitrogens with zero attached hydrogens (tertiary/aromatic N) is 2. The van der Waals surface area contributed by atoms with E-state index in [1.807, 2.05) is 11.3 Å². The van der Waals surface area contributed by atoms with Crippen molar-refractivity contribution in [1.82, 2.24) is 9.80 Å². The largest absolute Gasteiger partial charge is 0.326 e. The van der Waals surface area contributed by atoms with Gasteiger partial charge in [0.15, 0.2) is 0 Å². The normalized spacial score (nSPS) is 22.6. The third-order valence-corrected chi connectivity index (χ3v) is 5.81. The zero-order valence-electron chi connectivity index (χ0n) is 12.4. The molecule has 0 unspecified atom stereocenters. The van der Waals surface area contributed by atoms with Crippen LogP contribution in [-0.4, -0.2) is 42.5 Å². The van der Waals surface area contributed by atoms with Crippen LogP contribution in [0.1, 0.15) is 35.4 Å². The van der Waals surface area contributed by atoms with Gasteiger partial charge in [-0.15, -0.1) is 11.3 Å². The molecule has 0 saturated carbocycles. The van der Waals surface area contributed by atoms with Gasteiger partial charge in [-0.2, -0.15) is 0 Å². The van der Waals surface area contributed by atoms with Crippen LogP contribution < -0.4 is 5.73 Å². The molecule has 0 aromatic carbocycles. The number of nitrogens with two attached hydrogens (primary N) is 1. The quantitative estimate of drug-likeness (QED) is 0.905. The van der Waals surface area contributed by atoms with Gasteiger partial charge in [-0.3, -0.25) is 4.90 Å². The molecule has 1 aromatic heterocycles. The van der Waals surface area contributed by atoms with Crippen molar-refractivity contribution in [1.29, 1.82) is 0 Å². The van der Waals surface area contributed by atoms with Crippen molar-refractivity contribution in [2.45, 2.75) is 38.8 Å². The highest BCUT2D eigenvalue weighted by atomic mass is 32.1. The Balaban J connectivity index is 1.41. The summed E-state index contributed by atoms with van der Waals surface area (Å²) >= 11 is 1.88. The Hall–Kier alpha value is -0.420. The summed E-state index contributed by atoms with van der Waals surface area (Å²) in [6.45, 7) is 8.39. The van der Waals surface area contributed by atoms with Crippen LogP contribution in [0.5, 0.6) is 0 Å². The lowest BCUT2D eigenvalue weighted by Gasteiger charge is -2.33. The average Bonchev–Trinajstić information content (AvgIpc) is 3.12. The van der Waals surface area contributed by atoms with Crippen LogP contribution >= 0.6 is 11.3 Å². The summed E-state index contributed by atoms with van der Waals surface area (Å²) in [5.41, 5.74) is 5.68. The lowest BCUT2D eigenvalue weighted by atomic mass is 9.96. The van der Waals surface area contributed by atoms with Crippen LogP contribution in [0.15, 0.2) is 12.1 Å².